The molecule has 0 aliphatic rings. The molecular weight excluding hydrogens is 460 g/mol. The zero-order valence-corrected chi connectivity index (χ0v) is 17.8. The maximum atomic E-state index is 13.0. The van der Waals surface area contributed by atoms with Gasteiger partial charge in [-0.05, 0) is 49.4 Å². The fourth-order valence-electron chi connectivity index (χ4n) is 2.64. The third-order valence-corrected chi connectivity index (χ3v) is 5.57. The summed E-state index contributed by atoms with van der Waals surface area (Å²) in [6.07, 6.45) is -4.61. The molecule has 3 aromatic rings. The van der Waals surface area contributed by atoms with Gasteiger partial charge in [0, 0.05) is 22.8 Å². The number of alkyl halides is 3. The normalized spacial score (nSPS) is 11.5. The van der Waals surface area contributed by atoms with Crippen LogP contribution in [0, 0.1) is 0 Å². The van der Waals surface area contributed by atoms with E-state index in [1.165, 1.54) is 6.07 Å². The van der Waals surface area contributed by atoms with E-state index in [2.05, 4.69) is 15.5 Å². The van der Waals surface area contributed by atoms with E-state index in [9.17, 15) is 18.0 Å². The Balaban J connectivity index is 1.69. The van der Waals surface area contributed by atoms with Gasteiger partial charge in [-0.3, -0.25) is 4.79 Å². The van der Waals surface area contributed by atoms with E-state index >= 15 is 0 Å². The van der Waals surface area contributed by atoms with Crippen LogP contribution in [0.25, 0.3) is 11.4 Å². The molecule has 1 amide bonds. The molecule has 0 unspecified atom stereocenters. The van der Waals surface area contributed by atoms with Crippen LogP contribution in [0.1, 0.15) is 12.5 Å². The largest absolute Gasteiger partial charge is 0.417 e. The Morgan fingerprint density at radius 3 is 2.47 bits per heavy atom. The highest BCUT2D eigenvalue weighted by molar-refractivity contribution is 7.99. The highest BCUT2D eigenvalue weighted by Gasteiger charge is 2.33. The number of carbonyl (C=O) groups is 1. The summed E-state index contributed by atoms with van der Waals surface area (Å²) in [6.45, 7) is 2.49. The molecule has 0 spiro atoms. The van der Waals surface area contributed by atoms with Crippen LogP contribution >= 0.6 is 35.0 Å². The van der Waals surface area contributed by atoms with Crippen molar-refractivity contribution < 1.29 is 18.0 Å². The minimum atomic E-state index is -4.61. The number of thioether (sulfide) groups is 1. The van der Waals surface area contributed by atoms with Crippen molar-refractivity contribution in [2.24, 2.45) is 0 Å². The minimum Gasteiger partial charge on any atom is -0.325 e. The Morgan fingerprint density at radius 1 is 1.13 bits per heavy atom. The van der Waals surface area contributed by atoms with Gasteiger partial charge >= 0.3 is 6.18 Å². The van der Waals surface area contributed by atoms with Crippen LogP contribution < -0.4 is 5.32 Å². The number of aromatic nitrogens is 3. The van der Waals surface area contributed by atoms with Gasteiger partial charge in [-0.15, -0.1) is 10.2 Å². The summed E-state index contributed by atoms with van der Waals surface area (Å²) in [6, 6.07) is 10.3. The number of hydrogen-bond acceptors (Lipinski definition) is 4. The van der Waals surface area contributed by atoms with Gasteiger partial charge in [-0.2, -0.15) is 13.2 Å². The molecule has 3 rings (SSSR count). The summed E-state index contributed by atoms with van der Waals surface area (Å²) < 4.78 is 40.7. The first-order valence-electron chi connectivity index (χ1n) is 8.67. The molecule has 0 bridgehead atoms. The van der Waals surface area contributed by atoms with Crippen molar-refractivity contribution in [1.82, 2.24) is 14.8 Å². The van der Waals surface area contributed by atoms with E-state index in [0.717, 1.165) is 29.5 Å². The van der Waals surface area contributed by atoms with E-state index in [0.29, 0.717) is 22.5 Å². The van der Waals surface area contributed by atoms with Crippen LogP contribution in [-0.4, -0.2) is 26.4 Å². The fourth-order valence-corrected chi connectivity index (χ4v) is 3.79. The topological polar surface area (TPSA) is 59.8 Å². The molecule has 0 radical (unpaired) electrons. The van der Waals surface area contributed by atoms with Crippen LogP contribution in [0.4, 0.5) is 18.9 Å². The lowest BCUT2D eigenvalue weighted by Crippen LogP contribution is -2.15. The molecule has 30 heavy (non-hydrogen) atoms. The van der Waals surface area contributed by atoms with Gasteiger partial charge in [-0.1, -0.05) is 35.0 Å². The zero-order chi connectivity index (χ0) is 21.9. The van der Waals surface area contributed by atoms with Gasteiger partial charge < -0.3 is 9.88 Å². The quantitative estimate of drug-likeness (QED) is 0.443. The Bertz CT molecular complexity index is 1050. The van der Waals surface area contributed by atoms with E-state index in [4.69, 9.17) is 23.2 Å². The van der Waals surface area contributed by atoms with Crippen LogP contribution in [0.5, 0.6) is 0 Å². The molecule has 0 fully saturated rings. The van der Waals surface area contributed by atoms with Crippen LogP contribution in [0.15, 0.2) is 47.6 Å². The maximum Gasteiger partial charge on any atom is 0.417 e. The Kier molecular flexibility index (Phi) is 6.95. The van der Waals surface area contributed by atoms with Gasteiger partial charge in [0.15, 0.2) is 11.0 Å². The molecule has 0 aliphatic heterocycles. The van der Waals surface area contributed by atoms with Crippen molar-refractivity contribution in [3.63, 3.8) is 0 Å². The highest BCUT2D eigenvalue weighted by Crippen LogP contribution is 2.36. The second-order valence-corrected chi connectivity index (χ2v) is 7.87. The number of nitrogens with one attached hydrogen (secondary N) is 1. The van der Waals surface area contributed by atoms with Crippen molar-refractivity contribution >= 4 is 46.6 Å². The first kappa shape index (κ1) is 22.5. The van der Waals surface area contributed by atoms with E-state index in [1.807, 2.05) is 23.6 Å². The van der Waals surface area contributed by atoms with Crippen LogP contribution in [-0.2, 0) is 17.5 Å². The summed E-state index contributed by atoms with van der Waals surface area (Å²) in [5.74, 6) is 0.0988. The number of hydrogen-bond donors (Lipinski definition) is 1. The van der Waals surface area contributed by atoms with Crippen molar-refractivity contribution in [3.05, 3.63) is 58.1 Å². The average molecular weight is 475 g/mol. The van der Waals surface area contributed by atoms with Crippen molar-refractivity contribution in [2.45, 2.75) is 24.8 Å². The average Bonchev–Trinajstić information content (AvgIpc) is 3.10. The molecule has 158 valence electrons. The first-order valence-corrected chi connectivity index (χ1v) is 10.4. The van der Waals surface area contributed by atoms with Gasteiger partial charge in [0.2, 0.25) is 5.91 Å². The zero-order valence-electron chi connectivity index (χ0n) is 15.5. The lowest BCUT2D eigenvalue weighted by atomic mass is 10.2. The van der Waals surface area contributed by atoms with Gasteiger partial charge in [-0.25, -0.2) is 0 Å². The van der Waals surface area contributed by atoms with Crippen LogP contribution in [0.2, 0.25) is 10.0 Å². The summed E-state index contributed by atoms with van der Waals surface area (Å²) in [4.78, 5) is 12.2. The maximum absolute atomic E-state index is 13.0. The lowest BCUT2D eigenvalue weighted by Gasteiger charge is -2.12. The van der Waals surface area contributed by atoms with Gasteiger partial charge in [0.05, 0.1) is 16.3 Å². The summed E-state index contributed by atoms with van der Waals surface area (Å²) >= 11 is 12.6. The predicted molar refractivity (Wildman–Crippen MR) is 112 cm³/mol. The molecule has 1 aromatic heterocycles. The third kappa shape index (κ3) is 5.27. The minimum absolute atomic E-state index is 0.0103. The smallest absolute Gasteiger partial charge is 0.325 e. The molecular formula is C19H15Cl2F3N4OS. The fraction of sp³-hybridized carbons (Fsp3) is 0.211. The van der Waals surface area contributed by atoms with E-state index in [-0.39, 0.29) is 11.4 Å². The third-order valence-electron chi connectivity index (χ3n) is 4.02. The van der Waals surface area contributed by atoms with E-state index in [1.54, 1.807) is 12.1 Å². The molecule has 2 aromatic carbocycles. The van der Waals surface area contributed by atoms with Gasteiger partial charge in [0.25, 0.3) is 0 Å². The predicted octanol–water partition coefficient (Wildman–Crippen LogP) is 6.02. The molecule has 1 N–H and O–H groups in total. The monoisotopic (exact) mass is 474 g/mol. The second kappa shape index (κ2) is 9.28. The Labute approximate surface area is 184 Å². The highest BCUT2D eigenvalue weighted by atomic mass is 35.5. The molecule has 0 saturated heterocycles. The summed E-state index contributed by atoms with van der Waals surface area (Å²) in [5, 5.41) is 11.4. The van der Waals surface area contributed by atoms with Crippen molar-refractivity contribution in [3.8, 4) is 11.4 Å². The summed E-state index contributed by atoms with van der Waals surface area (Å²) in [5.41, 5.74) is -0.171. The molecule has 11 heteroatoms. The number of carbonyl (C=O) groups excluding carboxylic acids is 1. The van der Waals surface area contributed by atoms with Crippen LogP contribution in [0.3, 0.4) is 0 Å². The van der Waals surface area contributed by atoms with Gasteiger partial charge in [0.1, 0.15) is 0 Å². The number of benzene rings is 2. The number of halogens is 5. The number of rotatable bonds is 6. The summed E-state index contributed by atoms with van der Waals surface area (Å²) in [7, 11) is 0. The SMILES string of the molecule is CCn1c(SCC(=O)Nc2ccc(Cl)c(C(F)(F)F)c2)nnc1-c1ccc(Cl)cc1. The lowest BCUT2D eigenvalue weighted by molar-refractivity contribution is -0.137. The molecule has 0 aliphatic carbocycles. The van der Waals surface area contributed by atoms with Crippen molar-refractivity contribution in [1.29, 1.82) is 0 Å². The number of nitrogens with zero attached hydrogens (tertiary/aromatic N) is 3. The number of amides is 1. The van der Waals surface area contributed by atoms with E-state index < -0.39 is 22.7 Å². The first-order chi connectivity index (χ1) is 14.2. The molecule has 5 nitrogen and oxygen atoms in total. The second-order valence-electron chi connectivity index (χ2n) is 6.09. The molecule has 1 heterocycles. The Hall–Kier alpha value is -2.23. The molecule has 0 saturated carbocycles. The molecule has 0 atom stereocenters. The standard InChI is InChI=1S/C19H15Cl2F3N4OS/c1-2-28-17(11-3-5-12(20)6-4-11)26-27-18(28)30-10-16(29)25-13-7-8-15(21)14(9-13)19(22,23)24/h3-9H,2,10H2,1H3,(H,25,29). The Morgan fingerprint density at radius 2 is 1.83 bits per heavy atom. The number of anilines is 1. The van der Waals surface area contributed by atoms with Crippen molar-refractivity contribution in [2.75, 3.05) is 11.1 Å².